The van der Waals surface area contributed by atoms with Gasteiger partial charge in [-0.2, -0.15) is 0 Å². The molecule has 0 aliphatic rings. The Kier molecular flexibility index (Phi) is 4.60. The Balaban J connectivity index is 1.71. The average Bonchev–Trinajstić information content (AvgIpc) is 2.73. The van der Waals surface area contributed by atoms with Crippen molar-refractivity contribution in [3.05, 3.63) is 117 Å². The van der Waals surface area contributed by atoms with E-state index in [0.717, 1.165) is 11.1 Å². The van der Waals surface area contributed by atoms with Gasteiger partial charge in [0.2, 0.25) is 0 Å². The van der Waals surface area contributed by atoms with Crippen molar-refractivity contribution in [3.8, 4) is 0 Å². The molecule has 0 atom stereocenters. The molecule has 4 aromatic rings. The summed E-state index contributed by atoms with van der Waals surface area (Å²) in [5.41, 5.74) is 1.71. The van der Waals surface area contributed by atoms with Gasteiger partial charge in [0, 0.05) is 5.56 Å². The van der Waals surface area contributed by atoms with E-state index in [-0.39, 0.29) is 17.3 Å². The van der Waals surface area contributed by atoms with Gasteiger partial charge in [-0.25, -0.2) is 9.59 Å². The third kappa shape index (κ3) is 3.48. The SMILES string of the molecule is O=C(NC(c1ccccc1)c1ccccc1)c1ccc2[nH]c(=O)oc(=O)c2c1. The van der Waals surface area contributed by atoms with Crippen molar-refractivity contribution in [3.63, 3.8) is 0 Å². The molecule has 0 bridgehead atoms. The number of hydrogen-bond acceptors (Lipinski definition) is 4. The maximum Gasteiger partial charge on any atom is 0.419 e. The molecule has 1 heterocycles. The minimum Gasteiger partial charge on any atom is -0.372 e. The van der Waals surface area contributed by atoms with E-state index in [1.807, 2.05) is 60.7 Å². The zero-order valence-corrected chi connectivity index (χ0v) is 14.7. The summed E-state index contributed by atoms with van der Waals surface area (Å²) in [5.74, 6) is -1.17. The maximum atomic E-state index is 12.9. The smallest absolute Gasteiger partial charge is 0.372 e. The summed E-state index contributed by atoms with van der Waals surface area (Å²) in [6.45, 7) is 0. The Labute approximate surface area is 159 Å². The second-order valence-corrected chi connectivity index (χ2v) is 6.29. The van der Waals surface area contributed by atoms with Crippen LogP contribution in [0.4, 0.5) is 0 Å². The zero-order chi connectivity index (χ0) is 19.5. The molecular weight excluding hydrogens is 356 g/mol. The Morgan fingerprint density at radius 2 is 1.46 bits per heavy atom. The van der Waals surface area contributed by atoms with Crippen LogP contribution in [0.2, 0.25) is 0 Å². The van der Waals surface area contributed by atoms with Crippen molar-refractivity contribution in [2.75, 3.05) is 0 Å². The fourth-order valence-corrected chi connectivity index (χ4v) is 3.10. The van der Waals surface area contributed by atoms with Crippen LogP contribution in [-0.4, -0.2) is 10.9 Å². The second-order valence-electron chi connectivity index (χ2n) is 6.29. The van der Waals surface area contributed by atoms with Crippen LogP contribution in [0.1, 0.15) is 27.5 Å². The molecule has 0 aliphatic heterocycles. The van der Waals surface area contributed by atoms with Gasteiger partial charge in [0.1, 0.15) is 0 Å². The van der Waals surface area contributed by atoms with Gasteiger partial charge >= 0.3 is 11.4 Å². The van der Waals surface area contributed by atoms with E-state index in [0.29, 0.717) is 11.1 Å². The predicted octanol–water partition coefficient (Wildman–Crippen LogP) is 3.00. The molecule has 28 heavy (non-hydrogen) atoms. The summed E-state index contributed by atoms with van der Waals surface area (Å²) in [6, 6.07) is 23.4. The summed E-state index contributed by atoms with van der Waals surface area (Å²) in [6.07, 6.45) is 0. The first-order chi connectivity index (χ1) is 13.6. The van der Waals surface area contributed by atoms with Crippen LogP contribution >= 0.6 is 0 Å². The molecule has 138 valence electrons. The van der Waals surface area contributed by atoms with Gasteiger partial charge in [-0.05, 0) is 29.3 Å². The number of nitrogens with one attached hydrogen (secondary N) is 2. The Bertz CT molecular complexity index is 1200. The number of aromatic nitrogens is 1. The minimum atomic E-state index is -0.831. The molecule has 6 nitrogen and oxygen atoms in total. The quantitative estimate of drug-likeness (QED) is 0.576. The molecular formula is C22H16N2O4. The molecule has 1 aromatic heterocycles. The number of carbonyl (C=O) groups is 1. The van der Waals surface area contributed by atoms with Crippen LogP contribution < -0.4 is 16.7 Å². The molecule has 0 saturated heterocycles. The number of rotatable bonds is 4. The standard InChI is InChI=1S/C22H16N2O4/c25-20(16-11-12-18-17(13-16)21(26)28-22(27)23-18)24-19(14-7-3-1-4-8-14)15-9-5-2-6-10-15/h1-13,19H,(H,23,27)(H,24,25). The highest BCUT2D eigenvalue weighted by Crippen LogP contribution is 2.22. The van der Waals surface area contributed by atoms with Crippen molar-refractivity contribution in [1.82, 2.24) is 10.3 Å². The summed E-state index contributed by atoms with van der Waals surface area (Å²) in [7, 11) is 0. The van der Waals surface area contributed by atoms with Crippen LogP contribution in [-0.2, 0) is 0 Å². The van der Waals surface area contributed by atoms with E-state index in [2.05, 4.69) is 14.7 Å². The van der Waals surface area contributed by atoms with Crippen LogP contribution in [0.3, 0.4) is 0 Å². The molecule has 0 saturated carbocycles. The molecule has 0 radical (unpaired) electrons. The van der Waals surface area contributed by atoms with Crippen molar-refractivity contribution >= 4 is 16.8 Å². The molecule has 3 aromatic carbocycles. The normalized spacial score (nSPS) is 10.9. The first-order valence-corrected chi connectivity index (χ1v) is 8.70. The summed E-state index contributed by atoms with van der Waals surface area (Å²) >= 11 is 0. The number of benzene rings is 3. The van der Waals surface area contributed by atoms with E-state index in [1.54, 1.807) is 6.07 Å². The van der Waals surface area contributed by atoms with Gasteiger partial charge < -0.3 is 9.73 Å². The van der Waals surface area contributed by atoms with Crippen molar-refractivity contribution in [1.29, 1.82) is 0 Å². The maximum absolute atomic E-state index is 12.9. The third-order valence-electron chi connectivity index (χ3n) is 4.47. The summed E-state index contributed by atoms with van der Waals surface area (Å²) in [4.78, 5) is 38.5. The van der Waals surface area contributed by atoms with E-state index in [1.165, 1.54) is 12.1 Å². The van der Waals surface area contributed by atoms with Crippen LogP contribution in [0.5, 0.6) is 0 Å². The number of hydrogen-bond donors (Lipinski definition) is 2. The van der Waals surface area contributed by atoms with Gasteiger partial charge in [0.15, 0.2) is 0 Å². The number of H-pyrrole nitrogens is 1. The van der Waals surface area contributed by atoms with E-state index in [9.17, 15) is 14.4 Å². The number of fused-ring (bicyclic) bond motifs is 1. The molecule has 0 fully saturated rings. The molecule has 0 spiro atoms. The van der Waals surface area contributed by atoms with Gasteiger partial charge in [0.05, 0.1) is 16.9 Å². The highest BCUT2D eigenvalue weighted by Gasteiger charge is 2.18. The fourth-order valence-electron chi connectivity index (χ4n) is 3.10. The first kappa shape index (κ1) is 17.5. The second kappa shape index (κ2) is 7.36. The molecule has 0 aliphatic carbocycles. The van der Waals surface area contributed by atoms with Gasteiger partial charge in [0.25, 0.3) is 5.91 Å². The number of amides is 1. The van der Waals surface area contributed by atoms with Crippen LogP contribution in [0.15, 0.2) is 92.9 Å². The predicted molar refractivity (Wildman–Crippen MR) is 105 cm³/mol. The van der Waals surface area contributed by atoms with Crippen molar-refractivity contribution in [2.45, 2.75) is 6.04 Å². The minimum absolute atomic E-state index is 0.142. The van der Waals surface area contributed by atoms with Crippen LogP contribution in [0, 0.1) is 0 Å². The van der Waals surface area contributed by atoms with Gasteiger partial charge in [-0.3, -0.25) is 9.78 Å². The zero-order valence-electron chi connectivity index (χ0n) is 14.7. The molecule has 2 N–H and O–H groups in total. The van der Waals surface area contributed by atoms with E-state index in [4.69, 9.17) is 0 Å². The van der Waals surface area contributed by atoms with Gasteiger partial charge in [-0.15, -0.1) is 0 Å². The lowest BCUT2D eigenvalue weighted by atomic mass is 9.98. The van der Waals surface area contributed by atoms with Crippen LogP contribution in [0.25, 0.3) is 10.9 Å². The van der Waals surface area contributed by atoms with Gasteiger partial charge in [-0.1, -0.05) is 60.7 Å². The Morgan fingerprint density at radius 1 is 0.857 bits per heavy atom. The monoisotopic (exact) mass is 372 g/mol. The summed E-state index contributed by atoms with van der Waals surface area (Å²) < 4.78 is 4.55. The average molecular weight is 372 g/mol. The largest absolute Gasteiger partial charge is 0.419 e. The highest BCUT2D eigenvalue weighted by molar-refractivity contribution is 5.98. The lowest BCUT2D eigenvalue weighted by molar-refractivity contribution is 0.0943. The molecule has 6 heteroatoms. The topological polar surface area (TPSA) is 92.2 Å². The first-order valence-electron chi connectivity index (χ1n) is 8.70. The Morgan fingerprint density at radius 3 is 2.07 bits per heavy atom. The lowest BCUT2D eigenvalue weighted by Gasteiger charge is -2.20. The van der Waals surface area contributed by atoms with Crippen molar-refractivity contribution < 1.29 is 9.21 Å². The number of carbonyl (C=O) groups excluding carboxylic acids is 1. The van der Waals surface area contributed by atoms with Crippen molar-refractivity contribution in [2.24, 2.45) is 0 Å². The fraction of sp³-hybridized carbons (Fsp3) is 0.0455. The van der Waals surface area contributed by atoms with E-state index >= 15 is 0 Å². The molecule has 1 amide bonds. The highest BCUT2D eigenvalue weighted by atomic mass is 16.4. The van der Waals surface area contributed by atoms with E-state index < -0.39 is 11.4 Å². The molecule has 4 rings (SSSR count). The Hall–Kier alpha value is -3.93. The summed E-state index contributed by atoms with van der Waals surface area (Å²) in [5, 5.41) is 3.16. The lowest BCUT2D eigenvalue weighted by Crippen LogP contribution is -2.29. The third-order valence-corrected chi connectivity index (χ3v) is 4.47. The molecule has 0 unspecified atom stereocenters. The number of aromatic amines is 1.